The van der Waals surface area contributed by atoms with Gasteiger partial charge in [0.05, 0.1) is 31.9 Å². The van der Waals surface area contributed by atoms with Crippen molar-refractivity contribution in [2.24, 2.45) is 0 Å². The van der Waals surface area contributed by atoms with Crippen LogP contribution in [0.1, 0.15) is 5.56 Å². The van der Waals surface area contributed by atoms with Crippen molar-refractivity contribution in [1.82, 2.24) is 4.98 Å². The Labute approximate surface area is 213 Å². The van der Waals surface area contributed by atoms with Gasteiger partial charge in [0.25, 0.3) is 5.56 Å². The third kappa shape index (κ3) is 6.23. The lowest BCUT2D eigenvalue weighted by Gasteiger charge is -2.15. The molecule has 2 heterocycles. The quantitative estimate of drug-likeness (QED) is 0.313. The number of carbonyl (C=O) groups excluding carboxylic acids is 2. The summed E-state index contributed by atoms with van der Waals surface area (Å²) in [5, 5.41) is 9.14. The van der Waals surface area contributed by atoms with Gasteiger partial charge in [0, 0.05) is 22.3 Å². The highest BCUT2D eigenvalue weighted by atomic mass is 19.4. The van der Waals surface area contributed by atoms with Gasteiger partial charge in [-0.25, -0.2) is 9.59 Å². The number of benzene rings is 2. The van der Waals surface area contributed by atoms with Crippen LogP contribution in [-0.2, 0) is 25.1 Å². The van der Waals surface area contributed by atoms with Crippen molar-refractivity contribution in [2.75, 3.05) is 44.5 Å². The number of amides is 1. The van der Waals surface area contributed by atoms with E-state index in [1.807, 2.05) is 0 Å². The summed E-state index contributed by atoms with van der Waals surface area (Å²) in [6, 6.07) is 10.8. The van der Waals surface area contributed by atoms with Crippen LogP contribution in [-0.4, -0.2) is 68.0 Å². The maximum absolute atomic E-state index is 13.4. The lowest BCUT2D eigenvalue weighted by atomic mass is 10.0. The summed E-state index contributed by atoms with van der Waals surface area (Å²) in [6.07, 6.45) is -7.10. The largest absolute Gasteiger partial charge is 0.508 e. The van der Waals surface area contributed by atoms with Crippen molar-refractivity contribution < 1.29 is 46.8 Å². The molecule has 0 radical (unpaired) electrons. The first-order chi connectivity index (χ1) is 18.2. The molecule has 1 aliphatic rings. The normalized spacial score (nSPS) is 15.5. The number of hydrogen-bond donors (Lipinski definition) is 2. The molecule has 0 saturated carbocycles. The highest BCUT2D eigenvalue weighted by Crippen LogP contribution is 2.36. The van der Waals surface area contributed by atoms with E-state index in [1.54, 1.807) is 0 Å². The van der Waals surface area contributed by atoms with Crippen LogP contribution < -0.4 is 10.5 Å². The van der Waals surface area contributed by atoms with Gasteiger partial charge in [0.2, 0.25) is 0 Å². The van der Waals surface area contributed by atoms with Crippen LogP contribution in [0, 0.1) is 0 Å². The van der Waals surface area contributed by atoms with Crippen molar-refractivity contribution in [2.45, 2.75) is 12.3 Å². The SMILES string of the molecule is O=C(OCCOCCO)OC[C@@H]1CN(c2ccc3cc(-c4ccccc4C(F)(F)F)[nH]c(=O)c3c2)C(=O)O1. The number of aliphatic hydroxyl groups excluding tert-OH is 1. The minimum atomic E-state index is -4.60. The average molecular weight is 536 g/mol. The first kappa shape index (κ1) is 26.9. The molecular weight excluding hydrogens is 513 g/mol. The minimum absolute atomic E-state index is 0.00724. The number of ether oxygens (including phenoxy) is 4. The Morgan fingerprint density at radius 3 is 2.63 bits per heavy atom. The van der Waals surface area contributed by atoms with E-state index in [0.29, 0.717) is 11.1 Å². The Morgan fingerprint density at radius 1 is 1.08 bits per heavy atom. The summed E-state index contributed by atoms with van der Waals surface area (Å²) in [7, 11) is 0. The fraction of sp³-hybridized carbons (Fsp3) is 0.320. The van der Waals surface area contributed by atoms with E-state index >= 15 is 0 Å². The Balaban J connectivity index is 1.45. The Morgan fingerprint density at radius 2 is 1.87 bits per heavy atom. The van der Waals surface area contributed by atoms with Gasteiger partial charge in [-0.15, -0.1) is 0 Å². The van der Waals surface area contributed by atoms with Crippen LogP contribution in [0.15, 0.2) is 53.3 Å². The second-order valence-corrected chi connectivity index (χ2v) is 8.19. The first-order valence-corrected chi connectivity index (χ1v) is 11.5. The highest BCUT2D eigenvalue weighted by Gasteiger charge is 2.35. The zero-order chi connectivity index (χ0) is 27.3. The van der Waals surface area contributed by atoms with Gasteiger partial charge in [-0.05, 0) is 29.7 Å². The van der Waals surface area contributed by atoms with Crippen LogP contribution in [0.4, 0.5) is 28.4 Å². The van der Waals surface area contributed by atoms with Gasteiger partial charge in [-0.3, -0.25) is 9.69 Å². The number of nitrogens with zero attached hydrogens (tertiary/aromatic N) is 1. The summed E-state index contributed by atoms with van der Waals surface area (Å²) < 4.78 is 60.2. The van der Waals surface area contributed by atoms with E-state index in [0.717, 1.165) is 6.07 Å². The summed E-state index contributed by atoms with van der Waals surface area (Å²) in [4.78, 5) is 40.6. The Bertz CT molecular complexity index is 1370. The molecule has 1 fully saturated rings. The number of carbonyl (C=O) groups is 2. The van der Waals surface area contributed by atoms with Gasteiger partial charge < -0.3 is 29.0 Å². The predicted octanol–water partition coefficient (Wildman–Crippen LogP) is 3.70. The van der Waals surface area contributed by atoms with Crippen LogP contribution in [0.2, 0.25) is 0 Å². The number of aromatic nitrogens is 1. The van der Waals surface area contributed by atoms with Crippen molar-refractivity contribution in [1.29, 1.82) is 0 Å². The third-order valence-electron chi connectivity index (χ3n) is 5.61. The molecule has 0 aliphatic carbocycles. The zero-order valence-corrected chi connectivity index (χ0v) is 19.8. The number of nitrogens with one attached hydrogen (secondary N) is 1. The monoisotopic (exact) mass is 536 g/mol. The van der Waals surface area contributed by atoms with Crippen molar-refractivity contribution in [3.05, 3.63) is 64.4 Å². The minimum Gasteiger partial charge on any atom is -0.440 e. The van der Waals surface area contributed by atoms with Crippen molar-refractivity contribution in [3.8, 4) is 11.3 Å². The molecule has 1 amide bonds. The van der Waals surface area contributed by atoms with E-state index in [9.17, 15) is 27.6 Å². The van der Waals surface area contributed by atoms with Crippen LogP contribution in [0.25, 0.3) is 22.0 Å². The highest BCUT2D eigenvalue weighted by molar-refractivity contribution is 5.94. The molecule has 13 heteroatoms. The molecule has 10 nitrogen and oxygen atoms in total. The molecule has 0 spiro atoms. The molecule has 2 aromatic carbocycles. The smallest absolute Gasteiger partial charge is 0.440 e. The second-order valence-electron chi connectivity index (χ2n) is 8.19. The van der Waals surface area contributed by atoms with Crippen molar-refractivity contribution in [3.63, 3.8) is 0 Å². The molecule has 202 valence electrons. The van der Waals surface area contributed by atoms with Gasteiger partial charge in [0.1, 0.15) is 13.2 Å². The summed E-state index contributed by atoms with van der Waals surface area (Å²) in [5.74, 6) is 0. The number of halogens is 3. The van der Waals surface area contributed by atoms with Crippen LogP contribution >= 0.6 is 0 Å². The van der Waals surface area contributed by atoms with Gasteiger partial charge >= 0.3 is 18.4 Å². The molecule has 1 aliphatic heterocycles. The van der Waals surface area contributed by atoms with Gasteiger partial charge in [-0.1, -0.05) is 24.3 Å². The van der Waals surface area contributed by atoms with E-state index in [4.69, 9.17) is 24.1 Å². The summed E-state index contributed by atoms with van der Waals surface area (Å²) in [5.41, 5.74) is -1.34. The van der Waals surface area contributed by atoms with Gasteiger partial charge in [0.15, 0.2) is 6.10 Å². The number of anilines is 1. The number of rotatable bonds is 9. The average Bonchev–Trinajstić information content (AvgIpc) is 3.27. The lowest BCUT2D eigenvalue weighted by molar-refractivity contribution is -0.137. The number of alkyl halides is 3. The molecule has 1 saturated heterocycles. The molecular formula is C25H23F3N2O8. The van der Waals surface area contributed by atoms with E-state index in [-0.39, 0.29) is 56.2 Å². The molecule has 2 N–H and O–H groups in total. The van der Waals surface area contributed by atoms with E-state index in [1.165, 1.54) is 47.4 Å². The van der Waals surface area contributed by atoms with Crippen LogP contribution in [0.3, 0.4) is 0 Å². The first-order valence-electron chi connectivity index (χ1n) is 11.5. The molecule has 0 unspecified atom stereocenters. The maximum Gasteiger partial charge on any atom is 0.508 e. The van der Waals surface area contributed by atoms with E-state index in [2.05, 4.69) is 4.98 Å². The third-order valence-corrected chi connectivity index (χ3v) is 5.61. The molecule has 3 aromatic rings. The number of aliphatic hydroxyl groups is 1. The Hall–Kier alpha value is -4.10. The standard InChI is InChI=1S/C25H23F3N2O8/c26-25(27,28)20-4-2-1-3-18(20)21-11-15-5-6-16(12-19(15)22(32)29-21)30-13-17(38-23(30)33)14-37-24(34)36-10-9-35-8-7-31/h1-6,11-12,17,31H,7-10,13-14H2,(H,29,32)/t17-/m0/s1. The molecule has 38 heavy (non-hydrogen) atoms. The van der Waals surface area contributed by atoms with E-state index < -0.39 is 35.7 Å². The predicted molar refractivity (Wildman–Crippen MR) is 128 cm³/mol. The molecule has 0 bridgehead atoms. The number of hydrogen-bond acceptors (Lipinski definition) is 8. The molecule has 1 atom stereocenters. The van der Waals surface area contributed by atoms with Crippen molar-refractivity contribution >= 4 is 28.7 Å². The fourth-order valence-corrected chi connectivity index (χ4v) is 3.90. The topological polar surface area (TPSA) is 127 Å². The summed E-state index contributed by atoms with van der Waals surface area (Å²) in [6.45, 7) is -0.290. The fourth-order valence-electron chi connectivity index (χ4n) is 3.90. The zero-order valence-electron chi connectivity index (χ0n) is 19.8. The maximum atomic E-state index is 13.4. The number of H-pyrrole nitrogens is 1. The molecule has 4 rings (SSSR count). The summed E-state index contributed by atoms with van der Waals surface area (Å²) >= 11 is 0. The number of pyridine rings is 1. The van der Waals surface area contributed by atoms with Gasteiger partial charge in [-0.2, -0.15) is 13.2 Å². The number of fused-ring (bicyclic) bond motifs is 1. The lowest BCUT2D eigenvalue weighted by Crippen LogP contribution is -2.27. The number of aromatic amines is 1. The van der Waals surface area contributed by atoms with Crippen LogP contribution in [0.5, 0.6) is 0 Å². The molecule has 1 aromatic heterocycles. The second kappa shape index (κ2) is 11.5. The number of cyclic esters (lactones) is 1. The Kier molecular flexibility index (Phi) is 8.17.